The summed E-state index contributed by atoms with van der Waals surface area (Å²) in [5.41, 5.74) is 3.35. The number of aliphatic carboxylic acids is 1. The molecule has 0 saturated heterocycles. The van der Waals surface area contributed by atoms with Crippen molar-refractivity contribution in [2.45, 2.75) is 26.3 Å². The first-order valence-corrected chi connectivity index (χ1v) is 7.60. The van der Waals surface area contributed by atoms with E-state index in [4.69, 9.17) is 11.6 Å². The number of carbonyl (C=O) groups is 2. The summed E-state index contributed by atoms with van der Waals surface area (Å²) in [5.74, 6) is -1.57. The van der Waals surface area contributed by atoms with Gasteiger partial charge in [0.1, 0.15) is 6.04 Å². The lowest BCUT2D eigenvalue weighted by Gasteiger charge is -2.16. The molecule has 2 aromatic carbocycles. The fourth-order valence-corrected chi connectivity index (χ4v) is 2.47. The second kappa shape index (κ2) is 7.29. The van der Waals surface area contributed by atoms with E-state index in [1.54, 1.807) is 24.3 Å². The van der Waals surface area contributed by atoms with Gasteiger partial charge in [-0.3, -0.25) is 4.79 Å². The van der Waals surface area contributed by atoms with Crippen LogP contribution in [-0.2, 0) is 11.2 Å². The lowest BCUT2D eigenvalue weighted by atomic mass is 10.0. The molecule has 2 aromatic rings. The number of amides is 1. The third kappa shape index (κ3) is 4.33. The molecule has 0 aliphatic heterocycles. The number of hydrogen-bond acceptors (Lipinski definition) is 2. The third-order valence-corrected chi connectivity index (χ3v) is 4.06. The molecule has 4 nitrogen and oxygen atoms in total. The predicted octanol–water partition coefficient (Wildman–Crippen LogP) is 3.38. The molecule has 23 heavy (non-hydrogen) atoms. The normalized spacial score (nSPS) is 11.8. The van der Waals surface area contributed by atoms with Crippen molar-refractivity contribution in [1.82, 2.24) is 5.32 Å². The molecule has 1 amide bonds. The summed E-state index contributed by atoms with van der Waals surface area (Å²) in [6.45, 7) is 3.96. The average molecular weight is 332 g/mol. The molecule has 0 aromatic heterocycles. The molecule has 0 fully saturated rings. The standard InChI is InChI=1S/C18H18ClNO3/c1-11-7-8-13(9-12(11)2)10-16(18(22)23)20-17(21)14-5-3-4-6-15(14)19/h3-9,16H,10H2,1-2H3,(H,20,21)(H,22,23)/t16-/m1/s1. The van der Waals surface area contributed by atoms with Crippen molar-refractivity contribution in [2.24, 2.45) is 0 Å². The zero-order valence-electron chi connectivity index (χ0n) is 13.0. The van der Waals surface area contributed by atoms with Crippen molar-refractivity contribution in [1.29, 1.82) is 0 Å². The first kappa shape index (κ1) is 17.0. The van der Waals surface area contributed by atoms with Gasteiger partial charge in [-0.15, -0.1) is 0 Å². The monoisotopic (exact) mass is 331 g/mol. The molecule has 2 N–H and O–H groups in total. The molecular formula is C18H18ClNO3. The summed E-state index contributed by atoms with van der Waals surface area (Å²) < 4.78 is 0. The molecule has 0 aliphatic rings. The molecule has 0 radical (unpaired) electrons. The van der Waals surface area contributed by atoms with Crippen LogP contribution in [0.4, 0.5) is 0 Å². The second-order valence-electron chi connectivity index (χ2n) is 5.47. The molecule has 2 rings (SSSR count). The van der Waals surface area contributed by atoms with Crippen LogP contribution in [0.15, 0.2) is 42.5 Å². The Morgan fingerprint density at radius 2 is 1.83 bits per heavy atom. The summed E-state index contributed by atoms with van der Waals surface area (Å²) >= 11 is 5.97. The first-order chi connectivity index (χ1) is 10.9. The number of hydrogen-bond donors (Lipinski definition) is 2. The zero-order chi connectivity index (χ0) is 17.0. The van der Waals surface area contributed by atoms with Gasteiger partial charge in [-0.05, 0) is 42.7 Å². The number of benzene rings is 2. The number of carbonyl (C=O) groups excluding carboxylic acids is 1. The van der Waals surface area contributed by atoms with Crippen LogP contribution in [0.2, 0.25) is 5.02 Å². The molecule has 0 spiro atoms. The minimum atomic E-state index is -1.08. The Morgan fingerprint density at radius 3 is 2.43 bits per heavy atom. The van der Waals surface area contributed by atoms with E-state index in [0.717, 1.165) is 16.7 Å². The second-order valence-corrected chi connectivity index (χ2v) is 5.87. The summed E-state index contributed by atoms with van der Waals surface area (Å²) in [4.78, 5) is 23.7. The van der Waals surface area contributed by atoms with E-state index >= 15 is 0 Å². The van der Waals surface area contributed by atoms with Gasteiger partial charge in [0.2, 0.25) is 0 Å². The van der Waals surface area contributed by atoms with E-state index in [1.807, 2.05) is 32.0 Å². The van der Waals surface area contributed by atoms with E-state index in [-0.39, 0.29) is 12.0 Å². The predicted molar refractivity (Wildman–Crippen MR) is 90.0 cm³/mol. The van der Waals surface area contributed by atoms with Gasteiger partial charge < -0.3 is 10.4 Å². The number of nitrogens with one attached hydrogen (secondary N) is 1. The molecular weight excluding hydrogens is 314 g/mol. The molecule has 0 heterocycles. The van der Waals surface area contributed by atoms with E-state index in [1.165, 1.54) is 0 Å². The number of rotatable bonds is 5. The van der Waals surface area contributed by atoms with Crippen LogP contribution in [0.3, 0.4) is 0 Å². The van der Waals surface area contributed by atoms with E-state index in [9.17, 15) is 14.7 Å². The van der Waals surface area contributed by atoms with Gasteiger partial charge in [-0.2, -0.15) is 0 Å². The van der Waals surface area contributed by atoms with Gasteiger partial charge in [-0.25, -0.2) is 4.79 Å². The maximum atomic E-state index is 12.2. The Morgan fingerprint density at radius 1 is 1.13 bits per heavy atom. The van der Waals surface area contributed by atoms with Gasteiger partial charge in [0, 0.05) is 6.42 Å². The maximum absolute atomic E-state index is 12.2. The SMILES string of the molecule is Cc1ccc(C[C@@H](NC(=O)c2ccccc2Cl)C(=O)O)cc1C. The third-order valence-electron chi connectivity index (χ3n) is 3.73. The van der Waals surface area contributed by atoms with E-state index < -0.39 is 17.9 Å². The van der Waals surface area contributed by atoms with Crippen molar-refractivity contribution in [3.63, 3.8) is 0 Å². The topological polar surface area (TPSA) is 66.4 Å². The van der Waals surface area contributed by atoms with Crippen LogP contribution in [-0.4, -0.2) is 23.0 Å². The first-order valence-electron chi connectivity index (χ1n) is 7.23. The van der Waals surface area contributed by atoms with Crippen molar-refractivity contribution in [3.8, 4) is 0 Å². The molecule has 5 heteroatoms. The Kier molecular flexibility index (Phi) is 5.40. The Labute approximate surface area is 140 Å². The van der Waals surface area contributed by atoms with Crippen LogP contribution in [0.5, 0.6) is 0 Å². The highest BCUT2D eigenvalue weighted by atomic mass is 35.5. The van der Waals surface area contributed by atoms with Crippen molar-refractivity contribution >= 4 is 23.5 Å². The highest BCUT2D eigenvalue weighted by molar-refractivity contribution is 6.33. The number of halogens is 1. The van der Waals surface area contributed by atoms with Crippen molar-refractivity contribution in [2.75, 3.05) is 0 Å². The summed E-state index contributed by atoms with van der Waals surface area (Å²) in [6, 6.07) is 11.3. The lowest BCUT2D eigenvalue weighted by molar-refractivity contribution is -0.139. The Hall–Kier alpha value is -2.33. The van der Waals surface area contributed by atoms with Crippen molar-refractivity contribution in [3.05, 3.63) is 69.7 Å². The number of carboxylic acid groups (broad SMARTS) is 1. The summed E-state index contributed by atoms with van der Waals surface area (Å²) in [7, 11) is 0. The quantitative estimate of drug-likeness (QED) is 0.882. The van der Waals surface area contributed by atoms with Gasteiger partial charge >= 0.3 is 5.97 Å². The minimum absolute atomic E-state index is 0.215. The lowest BCUT2D eigenvalue weighted by Crippen LogP contribution is -2.42. The number of aryl methyl sites for hydroxylation is 2. The van der Waals surface area contributed by atoms with Crippen LogP contribution in [0.25, 0.3) is 0 Å². The van der Waals surface area contributed by atoms with Crippen molar-refractivity contribution < 1.29 is 14.7 Å². The van der Waals surface area contributed by atoms with Crippen LogP contribution in [0.1, 0.15) is 27.0 Å². The van der Waals surface area contributed by atoms with E-state index in [2.05, 4.69) is 5.32 Å². The molecule has 0 aliphatic carbocycles. The molecule has 0 bridgehead atoms. The highest BCUT2D eigenvalue weighted by Crippen LogP contribution is 2.16. The van der Waals surface area contributed by atoms with Crippen LogP contribution < -0.4 is 5.32 Å². The van der Waals surface area contributed by atoms with Crippen LogP contribution in [0, 0.1) is 13.8 Å². The Bertz CT molecular complexity index is 743. The average Bonchev–Trinajstić information content (AvgIpc) is 2.50. The molecule has 1 atom stereocenters. The fraction of sp³-hybridized carbons (Fsp3) is 0.222. The highest BCUT2D eigenvalue weighted by Gasteiger charge is 2.22. The maximum Gasteiger partial charge on any atom is 0.326 e. The molecule has 0 unspecified atom stereocenters. The summed E-state index contributed by atoms with van der Waals surface area (Å²) in [6.07, 6.45) is 0.215. The molecule has 0 saturated carbocycles. The number of carboxylic acids is 1. The van der Waals surface area contributed by atoms with Gasteiger partial charge in [0.15, 0.2) is 0 Å². The largest absolute Gasteiger partial charge is 0.480 e. The summed E-state index contributed by atoms with van der Waals surface area (Å²) in [5, 5.41) is 12.2. The van der Waals surface area contributed by atoms with Gasteiger partial charge in [-0.1, -0.05) is 41.9 Å². The zero-order valence-corrected chi connectivity index (χ0v) is 13.7. The Balaban J connectivity index is 2.16. The minimum Gasteiger partial charge on any atom is -0.480 e. The van der Waals surface area contributed by atoms with E-state index in [0.29, 0.717) is 5.02 Å². The van der Waals surface area contributed by atoms with Crippen LogP contribution >= 0.6 is 11.6 Å². The fourth-order valence-electron chi connectivity index (χ4n) is 2.25. The molecule has 120 valence electrons. The smallest absolute Gasteiger partial charge is 0.326 e. The van der Waals surface area contributed by atoms with Gasteiger partial charge in [0.05, 0.1) is 10.6 Å². The van der Waals surface area contributed by atoms with Gasteiger partial charge in [0.25, 0.3) is 5.91 Å².